The number of hydrazine groups is 1. The van der Waals surface area contributed by atoms with Crippen molar-refractivity contribution in [3.63, 3.8) is 0 Å². The highest BCUT2D eigenvalue weighted by Gasteiger charge is 2.34. The molecule has 116 valence electrons. The van der Waals surface area contributed by atoms with E-state index in [1.54, 1.807) is 0 Å². The van der Waals surface area contributed by atoms with E-state index in [0.29, 0.717) is 13.1 Å². The fraction of sp³-hybridized carbons (Fsp3) is 0.500. The van der Waals surface area contributed by atoms with Crippen LogP contribution in [0.3, 0.4) is 0 Å². The minimum Gasteiger partial charge on any atom is -0.324 e. The molecule has 1 fully saturated rings. The molecule has 1 aromatic carbocycles. The number of anilines is 1. The van der Waals surface area contributed by atoms with Crippen LogP contribution in [0, 0.1) is 16.0 Å². The first-order valence-electron chi connectivity index (χ1n) is 6.61. The molecule has 0 aromatic heterocycles. The van der Waals surface area contributed by atoms with Gasteiger partial charge in [-0.3, -0.25) is 16.0 Å². The maximum Gasteiger partial charge on any atom is 0.291 e. The normalized spacial score (nSPS) is 20.2. The Hall–Kier alpha value is -1.71. The van der Waals surface area contributed by atoms with Crippen molar-refractivity contribution in [3.05, 3.63) is 28.3 Å². The average Bonchev–Trinajstić information content (AvgIpc) is 2.46. The second-order valence-electron chi connectivity index (χ2n) is 5.19. The Kier molecular flexibility index (Phi) is 4.45. The molecule has 8 nitrogen and oxygen atoms in total. The lowest BCUT2D eigenvalue weighted by Crippen LogP contribution is -2.39. The molecule has 1 aromatic rings. The van der Waals surface area contributed by atoms with Gasteiger partial charge in [0, 0.05) is 19.2 Å². The summed E-state index contributed by atoms with van der Waals surface area (Å²) in [7, 11) is -3.87. The summed E-state index contributed by atoms with van der Waals surface area (Å²) in [6, 6.07) is 3.76. The van der Waals surface area contributed by atoms with Gasteiger partial charge in [-0.15, -0.1) is 0 Å². The minimum absolute atomic E-state index is 0.248. The first kappa shape index (κ1) is 15.7. The number of piperidine rings is 1. The van der Waals surface area contributed by atoms with E-state index in [-0.39, 0.29) is 16.5 Å². The molecular formula is C12H18N4O4S. The van der Waals surface area contributed by atoms with Crippen LogP contribution in [-0.2, 0) is 10.0 Å². The Morgan fingerprint density at radius 1 is 1.48 bits per heavy atom. The van der Waals surface area contributed by atoms with Gasteiger partial charge in [-0.25, -0.2) is 8.42 Å². The minimum atomic E-state index is -3.87. The average molecular weight is 314 g/mol. The Bertz CT molecular complexity index is 647. The van der Waals surface area contributed by atoms with Gasteiger partial charge in [-0.1, -0.05) is 6.92 Å². The SMILES string of the molecule is CC1CCCN(S(=O)(=O)c2ccc(NN)cc2[N+](=O)[O-])C1. The number of rotatable bonds is 4. The molecule has 1 heterocycles. The summed E-state index contributed by atoms with van der Waals surface area (Å²) >= 11 is 0. The van der Waals surface area contributed by atoms with E-state index in [2.05, 4.69) is 5.43 Å². The first-order valence-corrected chi connectivity index (χ1v) is 8.05. The second kappa shape index (κ2) is 5.96. The maximum atomic E-state index is 12.6. The smallest absolute Gasteiger partial charge is 0.291 e. The number of sulfonamides is 1. The van der Waals surface area contributed by atoms with Crippen molar-refractivity contribution < 1.29 is 13.3 Å². The number of nitro groups is 1. The number of nitrogen functional groups attached to an aromatic ring is 1. The molecule has 1 aliphatic heterocycles. The van der Waals surface area contributed by atoms with Crippen LogP contribution in [0.5, 0.6) is 0 Å². The first-order chi connectivity index (χ1) is 9.86. The van der Waals surface area contributed by atoms with E-state index < -0.39 is 20.6 Å². The molecule has 1 atom stereocenters. The van der Waals surface area contributed by atoms with Crippen LogP contribution in [0.25, 0.3) is 0 Å². The van der Waals surface area contributed by atoms with Gasteiger partial charge in [0.05, 0.1) is 10.6 Å². The van der Waals surface area contributed by atoms with E-state index in [4.69, 9.17) is 5.84 Å². The molecule has 1 unspecified atom stereocenters. The molecule has 0 bridgehead atoms. The number of hydrogen-bond acceptors (Lipinski definition) is 6. The fourth-order valence-electron chi connectivity index (χ4n) is 2.47. The second-order valence-corrected chi connectivity index (χ2v) is 7.10. The van der Waals surface area contributed by atoms with Crippen molar-refractivity contribution >= 4 is 21.4 Å². The maximum absolute atomic E-state index is 12.6. The van der Waals surface area contributed by atoms with Crippen LogP contribution in [0.1, 0.15) is 19.8 Å². The van der Waals surface area contributed by atoms with E-state index in [0.717, 1.165) is 18.9 Å². The van der Waals surface area contributed by atoms with Crippen LogP contribution in [0.2, 0.25) is 0 Å². The number of nitro benzene ring substituents is 1. The van der Waals surface area contributed by atoms with E-state index in [1.807, 2.05) is 6.92 Å². The largest absolute Gasteiger partial charge is 0.324 e. The van der Waals surface area contributed by atoms with E-state index in [1.165, 1.54) is 16.4 Å². The van der Waals surface area contributed by atoms with Crippen molar-refractivity contribution in [3.8, 4) is 0 Å². The highest BCUT2D eigenvalue weighted by atomic mass is 32.2. The Morgan fingerprint density at radius 2 is 2.19 bits per heavy atom. The van der Waals surface area contributed by atoms with Crippen molar-refractivity contribution in [2.24, 2.45) is 11.8 Å². The lowest BCUT2D eigenvalue weighted by molar-refractivity contribution is -0.387. The standard InChI is InChI=1S/C12H18N4O4S/c1-9-3-2-6-15(8-9)21(19,20)12-5-4-10(14-13)7-11(12)16(17)18/h4-5,7,9,14H,2-3,6,8,13H2,1H3. The van der Waals surface area contributed by atoms with Gasteiger partial charge in [0.25, 0.3) is 5.69 Å². The monoisotopic (exact) mass is 314 g/mol. The summed E-state index contributed by atoms with van der Waals surface area (Å²) in [4.78, 5) is 10.1. The van der Waals surface area contributed by atoms with Gasteiger partial charge in [0.2, 0.25) is 10.0 Å². The zero-order valence-corrected chi connectivity index (χ0v) is 12.5. The predicted octanol–water partition coefficient (Wildman–Crippen LogP) is 1.30. The summed E-state index contributed by atoms with van der Waals surface area (Å²) in [5.74, 6) is 5.45. The van der Waals surface area contributed by atoms with Gasteiger partial charge in [0.1, 0.15) is 0 Å². The van der Waals surface area contributed by atoms with E-state index >= 15 is 0 Å². The van der Waals surface area contributed by atoms with Crippen molar-refractivity contribution in [2.45, 2.75) is 24.7 Å². The lowest BCUT2D eigenvalue weighted by atomic mass is 10.0. The summed E-state index contributed by atoms with van der Waals surface area (Å²) < 4.78 is 26.6. The third kappa shape index (κ3) is 3.14. The van der Waals surface area contributed by atoms with Crippen molar-refractivity contribution in [1.29, 1.82) is 0 Å². The Morgan fingerprint density at radius 3 is 2.76 bits per heavy atom. The van der Waals surface area contributed by atoms with Crippen LogP contribution in [0.15, 0.2) is 23.1 Å². The third-order valence-corrected chi connectivity index (χ3v) is 5.47. The molecule has 0 amide bonds. The summed E-state index contributed by atoms with van der Waals surface area (Å²) in [6.07, 6.45) is 1.72. The Labute approximate surface area is 123 Å². The highest BCUT2D eigenvalue weighted by Crippen LogP contribution is 2.31. The van der Waals surface area contributed by atoms with Crippen LogP contribution in [-0.4, -0.2) is 30.7 Å². The molecule has 9 heteroatoms. The molecule has 0 saturated carbocycles. The van der Waals surface area contributed by atoms with Gasteiger partial charge in [0.15, 0.2) is 4.90 Å². The topological polar surface area (TPSA) is 119 Å². The van der Waals surface area contributed by atoms with Gasteiger partial charge in [-0.2, -0.15) is 4.31 Å². The molecule has 0 radical (unpaired) electrons. The van der Waals surface area contributed by atoms with Crippen LogP contribution in [0.4, 0.5) is 11.4 Å². The van der Waals surface area contributed by atoms with Crippen molar-refractivity contribution in [1.82, 2.24) is 4.31 Å². The van der Waals surface area contributed by atoms with Gasteiger partial charge >= 0.3 is 0 Å². The predicted molar refractivity (Wildman–Crippen MR) is 78.1 cm³/mol. The molecule has 1 aliphatic rings. The lowest BCUT2D eigenvalue weighted by Gasteiger charge is -2.29. The summed E-state index contributed by atoms with van der Waals surface area (Å²) in [5, 5.41) is 11.1. The molecule has 0 aliphatic carbocycles. The Balaban J connectivity index is 2.46. The van der Waals surface area contributed by atoms with Crippen LogP contribution >= 0.6 is 0 Å². The summed E-state index contributed by atoms with van der Waals surface area (Å²) in [5.41, 5.74) is 2.09. The third-order valence-electron chi connectivity index (χ3n) is 3.56. The zero-order chi connectivity index (χ0) is 15.6. The fourth-order valence-corrected chi connectivity index (χ4v) is 4.21. The quantitative estimate of drug-likeness (QED) is 0.491. The molecule has 0 spiro atoms. The molecular weight excluding hydrogens is 296 g/mol. The number of hydrogen-bond donors (Lipinski definition) is 2. The molecule has 21 heavy (non-hydrogen) atoms. The summed E-state index contributed by atoms with van der Waals surface area (Å²) in [6.45, 7) is 2.74. The van der Waals surface area contributed by atoms with Gasteiger partial charge < -0.3 is 5.43 Å². The molecule has 3 N–H and O–H groups in total. The molecule has 2 rings (SSSR count). The number of nitrogens with zero attached hydrogens (tertiary/aromatic N) is 2. The number of benzene rings is 1. The number of nitrogens with one attached hydrogen (secondary N) is 1. The number of nitrogens with two attached hydrogens (primary N) is 1. The van der Waals surface area contributed by atoms with Crippen LogP contribution < -0.4 is 11.3 Å². The van der Waals surface area contributed by atoms with Crippen molar-refractivity contribution in [2.75, 3.05) is 18.5 Å². The zero-order valence-electron chi connectivity index (χ0n) is 11.7. The van der Waals surface area contributed by atoms with E-state index in [9.17, 15) is 18.5 Å². The molecule has 1 saturated heterocycles. The highest BCUT2D eigenvalue weighted by molar-refractivity contribution is 7.89. The van der Waals surface area contributed by atoms with Gasteiger partial charge in [-0.05, 0) is 30.9 Å².